The summed E-state index contributed by atoms with van der Waals surface area (Å²) in [5.74, 6) is -0.221. The fourth-order valence-corrected chi connectivity index (χ4v) is 2.66. The minimum Gasteiger partial charge on any atom is -0.465 e. The molecule has 1 saturated heterocycles. The molecule has 1 unspecified atom stereocenters. The predicted molar refractivity (Wildman–Crippen MR) is 69.3 cm³/mol. The predicted octanol–water partition coefficient (Wildman–Crippen LogP) is 1.51. The number of fused-ring (bicyclic) bond motifs is 2. The fraction of sp³-hybridized carbons (Fsp3) is 0.429. The number of nitrogens with zero attached hydrogens (tertiary/aromatic N) is 1. The normalized spacial score (nSPS) is 25.3. The van der Waals surface area contributed by atoms with Crippen molar-refractivity contribution in [3.63, 3.8) is 0 Å². The molecule has 94 valence electrons. The van der Waals surface area contributed by atoms with Crippen LogP contribution in [0, 0.1) is 0 Å². The van der Waals surface area contributed by atoms with Crippen LogP contribution in [0.15, 0.2) is 40.1 Å². The number of aliphatic imine (C=N–C) groups is 1. The van der Waals surface area contributed by atoms with Crippen LogP contribution >= 0.6 is 0 Å². The molecule has 1 atom stereocenters. The van der Waals surface area contributed by atoms with Crippen molar-refractivity contribution >= 4 is 11.7 Å². The highest BCUT2D eigenvalue weighted by atomic mass is 16.5. The van der Waals surface area contributed by atoms with Gasteiger partial charge in [0.15, 0.2) is 0 Å². The molecule has 0 aromatic carbocycles. The van der Waals surface area contributed by atoms with Gasteiger partial charge in [0.05, 0.1) is 18.0 Å². The van der Waals surface area contributed by atoms with Gasteiger partial charge < -0.3 is 4.74 Å². The second-order valence-corrected chi connectivity index (χ2v) is 4.53. The summed E-state index contributed by atoms with van der Waals surface area (Å²) in [4.78, 5) is 16.5. The van der Waals surface area contributed by atoms with Crippen molar-refractivity contribution in [2.24, 2.45) is 4.99 Å². The van der Waals surface area contributed by atoms with Crippen LogP contribution in [0.25, 0.3) is 0 Å². The van der Waals surface area contributed by atoms with Crippen LogP contribution in [0.4, 0.5) is 0 Å². The summed E-state index contributed by atoms with van der Waals surface area (Å²) in [6.07, 6.45) is 8.03. The van der Waals surface area contributed by atoms with Crippen molar-refractivity contribution in [2.75, 3.05) is 13.2 Å². The number of rotatable bonds is 2. The summed E-state index contributed by atoms with van der Waals surface area (Å²) in [5, 5.41) is 3.20. The monoisotopic (exact) mass is 244 g/mol. The summed E-state index contributed by atoms with van der Waals surface area (Å²) in [5.41, 5.74) is 4.40. The molecule has 0 spiro atoms. The Morgan fingerprint density at radius 1 is 1.56 bits per heavy atom. The molecule has 3 aliphatic rings. The van der Waals surface area contributed by atoms with Crippen LogP contribution in [0.3, 0.4) is 0 Å². The zero-order valence-electron chi connectivity index (χ0n) is 10.4. The van der Waals surface area contributed by atoms with E-state index in [-0.39, 0.29) is 5.97 Å². The Hall–Kier alpha value is -1.68. The van der Waals surface area contributed by atoms with E-state index in [0.717, 1.165) is 30.8 Å². The summed E-state index contributed by atoms with van der Waals surface area (Å²) in [7, 11) is 0. The molecule has 1 N–H and O–H groups in total. The average Bonchev–Trinajstić information content (AvgIpc) is 2.77. The molecular formula is C14H16N2O2. The lowest BCUT2D eigenvalue weighted by Gasteiger charge is -2.24. The van der Waals surface area contributed by atoms with Crippen LogP contribution < -0.4 is 5.32 Å². The third kappa shape index (κ3) is 1.73. The Kier molecular flexibility index (Phi) is 2.88. The van der Waals surface area contributed by atoms with Crippen molar-refractivity contribution in [3.8, 4) is 0 Å². The maximum Gasteiger partial charge on any atom is 0.329 e. The Morgan fingerprint density at radius 2 is 2.44 bits per heavy atom. The Bertz CT molecular complexity index is 512. The third-order valence-electron chi connectivity index (χ3n) is 3.45. The number of hydrogen-bond acceptors (Lipinski definition) is 4. The van der Waals surface area contributed by atoms with Crippen LogP contribution in [-0.4, -0.2) is 30.9 Å². The van der Waals surface area contributed by atoms with Crippen molar-refractivity contribution in [3.05, 3.63) is 35.1 Å². The smallest absolute Gasteiger partial charge is 0.329 e. The van der Waals surface area contributed by atoms with Crippen LogP contribution in [0.2, 0.25) is 0 Å². The fourth-order valence-electron chi connectivity index (χ4n) is 2.66. The molecule has 0 aromatic heterocycles. The van der Waals surface area contributed by atoms with Gasteiger partial charge in [-0.15, -0.1) is 0 Å². The number of allylic oxidation sites excluding steroid dienone is 4. The van der Waals surface area contributed by atoms with Gasteiger partial charge in [-0.1, -0.05) is 12.2 Å². The molecular weight excluding hydrogens is 228 g/mol. The molecule has 0 bridgehead atoms. The van der Waals surface area contributed by atoms with E-state index in [9.17, 15) is 4.79 Å². The molecule has 2 heterocycles. The molecule has 3 rings (SSSR count). The van der Waals surface area contributed by atoms with E-state index in [0.29, 0.717) is 6.61 Å². The van der Waals surface area contributed by atoms with E-state index < -0.39 is 6.04 Å². The first-order chi connectivity index (χ1) is 8.81. The van der Waals surface area contributed by atoms with E-state index in [4.69, 9.17) is 4.74 Å². The van der Waals surface area contributed by atoms with Crippen molar-refractivity contribution in [1.29, 1.82) is 0 Å². The average molecular weight is 244 g/mol. The van der Waals surface area contributed by atoms with E-state index in [2.05, 4.69) is 16.4 Å². The minimum absolute atomic E-state index is 0.221. The van der Waals surface area contributed by atoms with E-state index in [1.807, 2.05) is 19.1 Å². The summed E-state index contributed by atoms with van der Waals surface area (Å²) in [6.45, 7) is 3.03. The summed E-state index contributed by atoms with van der Waals surface area (Å²) >= 11 is 0. The number of hydrogen-bond donors (Lipinski definition) is 1. The highest BCUT2D eigenvalue weighted by molar-refractivity contribution is 6.18. The maximum atomic E-state index is 11.9. The first-order valence-electron chi connectivity index (χ1n) is 6.39. The number of esters is 1. The Labute approximate surface area is 106 Å². The van der Waals surface area contributed by atoms with Gasteiger partial charge in [0.25, 0.3) is 0 Å². The zero-order chi connectivity index (χ0) is 12.5. The Balaban J connectivity index is 1.94. The lowest BCUT2D eigenvalue weighted by molar-refractivity contribution is -0.143. The van der Waals surface area contributed by atoms with Gasteiger partial charge in [0.2, 0.25) is 0 Å². The highest BCUT2D eigenvalue weighted by Gasteiger charge is 2.36. The van der Waals surface area contributed by atoms with Crippen LogP contribution in [0.1, 0.15) is 19.8 Å². The first kappa shape index (κ1) is 11.4. The van der Waals surface area contributed by atoms with Gasteiger partial charge >= 0.3 is 5.97 Å². The molecule has 4 heteroatoms. The largest absolute Gasteiger partial charge is 0.465 e. The summed E-state index contributed by atoms with van der Waals surface area (Å²) in [6, 6.07) is -0.396. The molecule has 0 saturated carbocycles. The quantitative estimate of drug-likeness (QED) is 0.749. The number of carbonyl (C=O) groups excluding carboxylic acids is 1. The minimum atomic E-state index is -0.396. The highest BCUT2D eigenvalue weighted by Crippen LogP contribution is 2.35. The molecule has 0 aromatic rings. The lowest BCUT2D eigenvalue weighted by atomic mass is 9.91. The topological polar surface area (TPSA) is 50.7 Å². The van der Waals surface area contributed by atoms with Gasteiger partial charge in [-0.2, -0.15) is 0 Å². The second-order valence-electron chi connectivity index (χ2n) is 4.53. The van der Waals surface area contributed by atoms with Gasteiger partial charge in [-0.05, 0) is 37.0 Å². The maximum absolute atomic E-state index is 11.9. The Morgan fingerprint density at radius 3 is 3.28 bits per heavy atom. The van der Waals surface area contributed by atoms with Gasteiger partial charge in [0, 0.05) is 6.54 Å². The molecule has 1 fully saturated rings. The van der Waals surface area contributed by atoms with E-state index in [1.165, 1.54) is 11.1 Å². The van der Waals surface area contributed by atoms with E-state index in [1.54, 1.807) is 0 Å². The van der Waals surface area contributed by atoms with Crippen molar-refractivity contribution in [1.82, 2.24) is 5.32 Å². The molecule has 2 aliphatic heterocycles. The van der Waals surface area contributed by atoms with Gasteiger partial charge in [-0.3, -0.25) is 10.3 Å². The second kappa shape index (κ2) is 4.53. The first-order valence-corrected chi connectivity index (χ1v) is 6.39. The van der Waals surface area contributed by atoms with Crippen molar-refractivity contribution < 1.29 is 9.53 Å². The van der Waals surface area contributed by atoms with Gasteiger partial charge in [0.1, 0.15) is 6.04 Å². The number of nitrogens with one attached hydrogen (secondary N) is 1. The summed E-state index contributed by atoms with van der Waals surface area (Å²) < 4.78 is 5.10. The van der Waals surface area contributed by atoms with Crippen molar-refractivity contribution in [2.45, 2.75) is 25.8 Å². The number of ether oxygens (including phenoxy) is 1. The molecule has 0 amide bonds. The lowest BCUT2D eigenvalue weighted by Crippen LogP contribution is -2.48. The molecule has 4 nitrogen and oxygen atoms in total. The van der Waals surface area contributed by atoms with E-state index >= 15 is 0 Å². The van der Waals surface area contributed by atoms with Gasteiger partial charge in [-0.25, -0.2) is 4.79 Å². The third-order valence-corrected chi connectivity index (χ3v) is 3.45. The number of piperidine rings is 1. The molecule has 1 aliphatic carbocycles. The molecule has 0 radical (unpaired) electrons. The van der Waals surface area contributed by atoms with Crippen LogP contribution in [-0.2, 0) is 9.53 Å². The standard InChI is InChI=1S/C14H16N2O2/c1-2-18-14(17)13-12-10(7-8-15-13)9-5-3-4-6-11(9)16-12/h3-4,6,13,15H,2,5,7-8H2,1H3. The number of carbonyl (C=O) groups is 1. The van der Waals surface area contributed by atoms with Crippen LogP contribution in [0.5, 0.6) is 0 Å². The molecule has 18 heavy (non-hydrogen) atoms. The SMILES string of the molecule is CCOC(=O)C1NCCC2=C3CC=CC=C3N=C21. The zero-order valence-corrected chi connectivity index (χ0v) is 10.4.